The van der Waals surface area contributed by atoms with Crippen LogP contribution in [-0.2, 0) is 11.2 Å². The first-order valence-electron chi connectivity index (χ1n) is 5.82. The largest absolute Gasteiger partial charge is 0.396 e. The number of aliphatic hydroxyl groups excluding tert-OH is 1. The van der Waals surface area contributed by atoms with Crippen LogP contribution >= 0.6 is 11.6 Å². The fourth-order valence-corrected chi connectivity index (χ4v) is 2.33. The first-order chi connectivity index (χ1) is 8.20. The normalized spacial score (nSPS) is 19.6. The first kappa shape index (κ1) is 12.4. The Morgan fingerprint density at radius 1 is 1.47 bits per heavy atom. The highest BCUT2D eigenvalue weighted by Gasteiger charge is 2.25. The van der Waals surface area contributed by atoms with Crippen molar-refractivity contribution in [2.24, 2.45) is 5.92 Å². The minimum absolute atomic E-state index is 0.0917. The van der Waals surface area contributed by atoms with Crippen LogP contribution in [0.5, 0.6) is 0 Å². The van der Waals surface area contributed by atoms with Gasteiger partial charge in [-0.2, -0.15) is 0 Å². The van der Waals surface area contributed by atoms with E-state index >= 15 is 0 Å². The number of benzene rings is 1. The minimum Gasteiger partial charge on any atom is -0.396 e. The molecule has 1 saturated heterocycles. The maximum atomic E-state index is 12.0. The summed E-state index contributed by atoms with van der Waals surface area (Å²) in [7, 11) is 0. The van der Waals surface area contributed by atoms with E-state index in [2.05, 4.69) is 0 Å². The van der Waals surface area contributed by atoms with Crippen LogP contribution < -0.4 is 0 Å². The second-order valence-electron chi connectivity index (χ2n) is 4.45. The predicted octanol–water partition coefficient (Wildman–Crippen LogP) is 1.72. The van der Waals surface area contributed by atoms with E-state index in [1.807, 2.05) is 23.1 Å². The Bertz CT molecular complexity index is 408. The lowest BCUT2D eigenvalue weighted by atomic mass is 10.1. The van der Waals surface area contributed by atoms with Gasteiger partial charge in [-0.05, 0) is 18.1 Å². The van der Waals surface area contributed by atoms with Crippen molar-refractivity contribution in [1.29, 1.82) is 0 Å². The van der Waals surface area contributed by atoms with Crippen molar-refractivity contribution in [1.82, 2.24) is 4.90 Å². The zero-order chi connectivity index (χ0) is 12.3. The topological polar surface area (TPSA) is 40.5 Å². The van der Waals surface area contributed by atoms with Crippen molar-refractivity contribution in [3.05, 3.63) is 34.9 Å². The number of aliphatic hydroxyl groups is 1. The van der Waals surface area contributed by atoms with Crippen molar-refractivity contribution in [3.8, 4) is 0 Å². The SMILES string of the molecule is O=C(Cc1ccccc1Cl)N1CCC(CO)C1. The van der Waals surface area contributed by atoms with Crippen molar-refractivity contribution in [2.45, 2.75) is 12.8 Å². The third kappa shape index (κ3) is 2.99. The van der Waals surface area contributed by atoms with Gasteiger partial charge >= 0.3 is 0 Å². The van der Waals surface area contributed by atoms with Gasteiger partial charge in [-0.25, -0.2) is 0 Å². The van der Waals surface area contributed by atoms with Crippen LogP contribution in [0.15, 0.2) is 24.3 Å². The average Bonchev–Trinajstić information content (AvgIpc) is 2.81. The second kappa shape index (κ2) is 5.52. The molecule has 92 valence electrons. The molecule has 1 atom stereocenters. The molecule has 1 aromatic rings. The number of rotatable bonds is 3. The van der Waals surface area contributed by atoms with Crippen molar-refractivity contribution >= 4 is 17.5 Å². The third-order valence-corrected chi connectivity index (χ3v) is 3.56. The van der Waals surface area contributed by atoms with E-state index in [0.29, 0.717) is 18.0 Å². The van der Waals surface area contributed by atoms with Crippen molar-refractivity contribution < 1.29 is 9.90 Å². The van der Waals surface area contributed by atoms with Gasteiger partial charge in [0.1, 0.15) is 0 Å². The molecular formula is C13H16ClNO2. The van der Waals surface area contributed by atoms with E-state index in [1.165, 1.54) is 0 Å². The van der Waals surface area contributed by atoms with Gasteiger partial charge in [0, 0.05) is 30.6 Å². The van der Waals surface area contributed by atoms with Crippen LogP contribution in [-0.4, -0.2) is 35.6 Å². The van der Waals surface area contributed by atoms with Crippen LogP contribution in [0, 0.1) is 5.92 Å². The lowest BCUT2D eigenvalue weighted by Gasteiger charge is -2.16. The third-order valence-electron chi connectivity index (χ3n) is 3.20. The summed E-state index contributed by atoms with van der Waals surface area (Å²) in [5.41, 5.74) is 0.867. The number of nitrogens with zero attached hydrogens (tertiary/aromatic N) is 1. The molecule has 1 N–H and O–H groups in total. The predicted molar refractivity (Wildman–Crippen MR) is 66.9 cm³/mol. The zero-order valence-electron chi connectivity index (χ0n) is 9.60. The van der Waals surface area contributed by atoms with E-state index in [0.717, 1.165) is 18.5 Å². The number of amides is 1. The van der Waals surface area contributed by atoms with Crippen LogP contribution in [0.1, 0.15) is 12.0 Å². The molecule has 1 unspecified atom stereocenters. The Labute approximate surface area is 106 Å². The van der Waals surface area contributed by atoms with Gasteiger partial charge in [0.15, 0.2) is 0 Å². The van der Waals surface area contributed by atoms with Gasteiger partial charge in [0.2, 0.25) is 5.91 Å². The number of halogens is 1. The summed E-state index contributed by atoms with van der Waals surface area (Å²) in [4.78, 5) is 13.8. The zero-order valence-corrected chi connectivity index (χ0v) is 10.4. The lowest BCUT2D eigenvalue weighted by molar-refractivity contribution is -0.129. The Hall–Kier alpha value is -1.06. The van der Waals surface area contributed by atoms with Gasteiger partial charge in [-0.15, -0.1) is 0 Å². The standard InChI is InChI=1S/C13H16ClNO2/c14-12-4-2-1-3-11(12)7-13(17)15-6-5-10(8-15)9-16/h1-4,10,16H,5-9H2. The van der Waals surface area contributed by atoms with Gasteiger partial charge in [-0.1, -0.05) is 29.8 Å². The summed E-state index contributed by atoms with van der Waals surface area (Å²) in [5, 5.41) is 9.68. The van der Waals surface area contributed by atoms with E-state index in [1.54, 1.807) is 6.07 Å². The molecule has 3 nitrogen and oxygen atoms in total. The maximum absolute atomic E-state index is 12.0. The highest BCUT2D eigenvalue weighted by molar-refractivity contribution is 6.31. The Kier molecular flexibility index (Phi) is 4.02. The molecular weight excluding hydrogens is 238 g/mol. The molecule has 2 rings (SSSR count). The fraction of sp³-hybridized carbons (Fsp3) is 0.462. The summed E-state index contributed by atoms with van der Waals surface area (Å²) in [5.74, 6) is 0.333. The highest BCUT2D eigenvalue weighted by Crippen LogP contribution is 2.19. The van der Waals surface area contributed by atoms with Crippen molar-refractivity contribution in [2.75, 3.05) is 19.7 Å². The van der Waals surface area contributed by atoms with E-state index in [4.69, 9.17) is 16.7 Å². The first-order valence-corrected chi connectivity index (χ1v) is 6.20. The molecule has 17 heavy (non-hydrogen) atoms. The molecule has 0 bridgehead atoms. The number of carbonyl (C=O) groups is 1. The molecule has 0 aromatic heterocycles. The molecule has 1 heterocycles. The summed E-state index contributed by atoms with van der Waals surface area (Å²) in [6.07, 6.45) is 1.24. The average molecular weight is 254 g/mol. The monoisotopic (exact) mass is 253 g/mol. The second-order valence-corrected chi connectivity index (χ2v) is 4.85. The number of carbonyl (C=O) groups excluding carboxylic acids is 1. The minimum atomic E-state index is 0.0917. The Balaban J connectivity index is 1.96. The molecule has 1 fully saturated rings. The van der Waals surface area contributed by atoms with Crippen LogP contribution in [0.2, 0.25) is 5.02 Å². The van der Waals surface area contributed by atoms with Crippen LogP contribution in [0.4, 0.5) is 0 Å². The van der Waals surface area contributed by atoms with Gasteiger partial charge < -0.3 is 10.0 Å². The van der Waals surface area contributed by atoms with Crippen LogP contribution in [0.3, 0.4) is 0 Å². The summed E-state index contributed by atoms with van der Waals surface area (Å²) in [6, 6.07) is 7.41. The summed E-state index contributed by atoms with van der Waals surface area (Å²) in [6.45, 7) is 1.57. The molecule has 1 aliphatic rings. The smallest absolute Gasteiger partial charge is 0.227 e. The molecule has 0 saturated carbocycles. The quantitative estimate of drug-likeness (QED) is 0.891. The van der Waals surface area contributed by atoms with Crippen LogP contribution in [0.25, 0.3) is 0 Å². The molecule has 1 aliphatic heterocycles. The van der Waals surface area contributed by atoms with E-state index < -0.39 is 0 Å². The Morgan fingerprint density at radius 3 is 2.88 bits per heavy atom. The fourth-order valence-electron chi connectivity index (χ4n) is 2.12. The highest BCUT2D eigenvalue weighted by atomic mass is 35.5. The maximum Gasteiger partial charge on any atom is 0.227 e. The van der Waals surface area contributed by atoms with Gasteiger partial charge in [0.05, 0.1) is 6.42 Å². The summed E-state index contributed by atoms with van der Waals surface area (Å²) < 4.78 is 0. The number of hydrogen-bond acceptors (Lipinski definition) is 2. The van der Waals surface area contributed by atoms with Gasteiger partial charge in [-0.3, -0.25) is 4.79 Å². The molecule has 4 heteroatoms. The lowest BCUT2D eigenvalue weighted by Crippen LogP contribution is -2.30. The molecule has 1 amide bonds. The molecule has 1 aromatic carbocycles. The molecule has 0 spiro atoms. The number of likely N-dealkylation sites (tertiary alicyclic amines) is 1. The Morgan fingerprint density at radius 2 is 2.24 bits per heavy atom. The molecule has 0 radical (unpaired) electrons. The number of hydrogen-bond donors (Lipinski definition) is 1. The van der Waals surface area contributed by atoms with E-state index in [9.17, 15) is 4.79 Å². The van der Waals surface area contributed by atoms with Crippen molar-refractivity contribution in [3.63, 3.8) is 0 Å². The summed E-state index contributed by atoms with van der Waals surface area (Å²) >= 11 is 6.02. The van der Waals surface area contributed by atoms with Gasteiger partial charge in [0.25, 0.3) is 0 Å². The molecule has 0 aliphatic carbocycles. The van der Waals surface area contributed by atoms with E-state index in [-0.39, 0.29) is 18.4 Å².